The number of unbranched alkanes of at least 4 members (excludes halogenated alkanes) is 7. The standard InChI is InChI=1S/C16H34N2/c1-3-4-5-6-7-8-9-10-14-18(2)16-12-11-13-17-15-16/h16-17H,3-15H2,1-2H3. The zero-order chi connectivity index (χ0) is 13.1. The molecule has 0 radical (unpaired) electrons. The number of rotatable bonds is 10. The van der Waals surface area contributed by atoms with E-state index >= 15 is 0 Å². The third kappa shape index (κ3) is 7.38. The molecule has 1 aliphatic heterocycles. The molecule has 2 heteroatoms. The molecule has 108 valence electrons. The summed E-state index contributed by atoms with van der Waals surface area (Å²) in [5, 5.41) is 3.50. The topological polar surface area (TPSA) is 15.3 Å². The first kappa shape index (κ1) is 16.0. The van der Waals surface area contributed by atoms with Gasteiger partial charge in [-0.1, -0.05) is 51.9 Å². The second kappa shape index (κ2) is 10.8. The van der Waals surface area contributed by atoms with Gasteiger partial charge < -0.3 is 10.2 Å². The number of likely N-dealkylation sites (N-methyl/N-ethyl adjacent to an activating group) is 1. The fourth-order valence-corrected chi connectivity index (χ4v) is 2.89. The fourth-order valence-electron chi connectivity index (χ4n) is 2.89. The van der Waals surface area contributed by atoms with Crippen LogP contribution in [0.3, 0.4) is 0 Å². The number of nitrogens with one attached hydrogen (secondary N) is 1. The Morgan fingerprint density at radius 1 is 1.00 bits per heavy atom. The minimum Gasteiger partial charge on any atom is -0.315 e. The van der Waals surface area contributed by atoms with Crippen molar-refractivity contribution in [1.82, 2.24) is 10.2 Å². The maximum absolute atomic E-state index is 3.50. The molecule has 1 rings (SSSR count). The molecule has 0 aromatic heterocycles. The van der Waals surface area contributed by atoms with E-state index in [9.17, 15) is 0 Å². The van der Waals surface area contributed by atoms with E-state index in [1.807, 2.05) is 0 Å². The summed E-state index contributed by atoms with van der Waals surface area (Å²) in [7, 11) is 2.30. The van der Waals surface area contributed by atoms with E-state index in [0.29, 0.717) is 0 Å². The van der Waals surface area contributed by atoms with Crippen LogP contribution in [-0.4, -0.2) is 37.6 Å². The molecule has 0 aromatic carbocycles. The molecule has 0 spiro atoms. The van der Waals surface area contributed by atoms with Gasteiger partial charge >= 0.3 is 0 Å². The second-order valence-corrected chi connectivity index (χ2v) is 5.96. The summed E-state index contributed by atoms with van der Waals surface area (Å²) in [5.41, 5.74) is 0. The van der Waals surface area contributed by atoms with Crippen LogP contribution in [0.25, 0.3) is 0 Å². The normalized spacial score (nSPS) is 20.5. The Balaban J connectivity index is 1.87. The van der Waals surface area contributed by atoms with Crippen molar-refractivity contribution < 1.29 is 0 Å². The quantitative estimate of drug-likeness (QED) is 0.596. The van der Waals surface area contributed by atoms with Crippen LogP contribution in [0.1, 0.15) is 71.1 Å². The first-order chi connectivity index (χ1) is 8.84. The summed E-state index contributed by atoms with van der Waals surface area (Å²) >= 11 is 0. The Labute approximate surface area is 115 Å². The van der Waals surface area contributed by atoms with E-state index in [2.05, 4.69) is 24.2 Å². The Kier molecular flexibility index (Phi) is 9.59. The van der Waals surface area contributed by atoms with Gasteiger partial charge in [-0.2, -0.15) is 0 Å². The van der Waals surface area contributed by atoms with E-state index in [-0.39, 0.29) is 0 Å². The molecule has 1 aliphatic rings. The van der Waals surface area contributed by atoms with Gasteiger partial charge in [0.25, 0.3) is 0 Å². The summed E-state index contributed by atoms with van der Waals surface area (Å²) in [6, 6.07) is 0.795. The molecule has 1 saturated heterocycles. The van der Waals surface area contributed by atoms with Crippen LogP contribution in [0.2, 0.25) is 0 Å². The van der Waals surface area contributed by atoms with Crippen LogP contribution >= 0.6 is 0 Å². The molecule has 0 aromatic rings. The highest BCUT2D eigenvalue weighted by Gasteiger charge is 2.16. The van der Waals surface area contributed by atoms with Gasteiger partial charge in [0.2, 0.25) is 0 Å². The molecular formula is C16H34N2. The molecule has 0 aliphatic carbocycles. The van der Waals surface area contributed by atoms with E-state index in [1.165, 1.54) is 83.8 Å². The molecule has 0 bridgehead atoms. The van der Waals surface area contributed by atoms with Crippen LogP contribution in [0.4, 0.5) is 0 Å². The van der Waals surface area contributed by atoms with Gasteiger partial charge in [-0.3, -0.25) is 0 Å². The number of piperidine rings is 1. The van der Waals surface area contributed by atoms with Gasteiger partial charge in [-0.15, -0.1) is 0 Å². The van der Waals surface area contributed by atoms with Gasteiger partial charge in [-0.05, 0) is 39.4 Å². The predicted molar refractivity (Wildman–Crippen MR) is 81.1 cm³/mol. The zero-order valence-corrected chi connectivity index (χ0v) is 12.7. The van der Waals surface area contributed by atoms with Crippen molar-refractivity contribution in [3.05, 3.63) is 0 Å². The molecule has 1 heterocycles. The lowest BCUT2D eigenvalue weighted by Crippen LogP contribution is -2.44. The molecule has 18 heavy (non-hydrogen) atoms. The average molecular weight is 254 g/mol. The maximum atomic E-state index is 3.50. The van der Waals surface area contributed by atoms with Gasteiger partial charge in [0, 0.05) is 12.6 Å². The van der Waals surface area contributed by atoms with Gasteiger partial charge in [-0.25, -0.2) is 0 Å². The molecule has 2 nitrogen and oxygen atoms in total. The van der Waals surface area contributed by atoms with Crippen LogP contribution in [0.15, 0.2) is 0 Å². The first-order valence-electron chi connectivity index (χ1n) is 8.25. The van der Waals surface area contributed by atoms with Gasteiger partial charge in [0.15, 0.2) is 0 Å². The SMILES string of the molecule is CCCCCCCCCCN(C)C1CCCNC1. The highest BCUT2D eigenvalue weighted by Crippen LogP contribution is 2.11. The molecule has 1 N–H and O–H groups in total. The molecular weight excluding hydrogens is 220 g/mol. The Morgan fingerprint density at radius 3 is 2.28 bits per heavy atom. The van der Waals surface area contributed by atoms with Crippen LogP contribution in [-0.2, 0) is 0 Å². The summed E-state index contributed by atoms with van der Waals surface area (Å²) in [5.74, 6) is 0. The van der Waals surface area contributed by atoms with Crippen LogP contribution in [0, 0.1) is 0 Å². The Morgan fingerprint density at radius 2 is 1.67 bits per heavy atom. The van der Waals surface area contributed by atoms with Crippen molar-refractivity contribution in [3.63, 3.8) is 0 Å². The lowest BCUT2D eigenvalue weighted by Gasteiger charge is -2.31. The van der Waals surface area contributed by atoms with E-state index in [0.717, 1.165) is 6.04 Å². The van der Waals surface area contributed by atoms with Gasteiger partial charge in [0.1, 0.15) is 0 Å². The summed E-state index contributed by atoms with van der Waals surface area (Å²) in [6.45, 7) is 6.01. The maximum Gasteiger partial charge on any atom is 0.0218 e. The second-order valence-electron chi connectivity index (χ2n) is 5.96. The third-order valence-corrected chi connectivity index (χ3v) is 4.26. The molecule has 1 unspecified atom stereocenters. The summed E-state index contributed by atoms with van der Waals surface area (Å²) < 4.78 is 0. The predicted octanol–water partition coefficient (Wildman–Crippen LogP) is 3.81. The monoisotopic (exact) mass is 254 g/mol. The Bertz CT molecular complexity index is 176. The summed E-state index contributed by atoms with van der Waals surface area (Å²) in [6.07, 6.45) is 14.2. The number of hydrogen-bond acceptors (Lipinski definition) is 2. The van der Waals surface area contributed by atoms with Crippen molar-refractivity contribution >= 4 is 0 Å². The summed E-state index contributed by atoms with van der Waals surface area (Å²) in [4.78, 5) is 2.57. The fraction of sp³-hybridized carbons (Fsp3) is 1.00. The van der Waals surface area contributed by atoms with Crippen molar-refractivity contribution in [2.75, 3.05) is 26.7 Å². The third-order valence-electron chi connectivity index (χ3n) is 4.26. The number of hydrogen-bond donors (Lipinski definition) is 1. The van der Waals surface area contributed by atoms with E-state index in [4.69, 9.17) is 0 Å². The average Bonchev–Trinajstić information content (AvgIpc) is 2.42. The number of nitrogens with zero attached hydrogens (tertiary/aromatic N) is 1. The lowest BCUT2D eigenvalue weighted by molar-refractivity contribution is 0.199. The van der Waals surface area contributed by atoms with Gasteiger partial charge in [0.05, 0.1) is 0 Å². The van der Waals surface area contributed by atoms with Crippen molar-refractivity contribution in [1.29, 1.82) is 0 Å². The van der Waals surface area contributed by atoms with Crippen LogP contribution < -0.4 is 5.32 Å². The van der Waals surface area contributed by atoms with E-state index < -0.39 is 0 Å². The smallest absolute Gasteiger partial charge is 0.0218 e. The minimum absolute atomic E-state index is 0.795. The molecule has 1 atom stereocenters. The zero-order valence-electron chi connectivity index (χ0n) is 12.7. The minimum atomic E-state index is 0.795. The van der Waals surface area contributed by atoms with Crippen molar-refractivity contribution in [3.8, 4) is 0 Å². The van der Waals surface area contributed by atoms with Crippen molar-refractivity contribution in [2.24, 2.45) is 0 Å². The Hall–Kier alpha value is -0.0800. The molecule has 0 amide bonds. The lowest BCUT2D eigenvalue weighted by atomic mass is 10.1. The van der Waals surface area contributed by atoms with E-state index in [1.54, 1.807) is 0 Å². The first-order valence-corrected chi connectivity index (χ1v) is 8.25. The highest BCUT2D eigenvalue weighted by atomic mass is 15.1. The highest BCUT2D eigenvalue weighted by molar-refractivity contribution is 4.76. The van der Waals surface area contributed by atoms with Crippen LogP contribution in [0.5, 0.6) is 0 Å². The van der Waals surface area contributed by atoms with Crippen molar-refractivity contribution in [2.45, 2.75) is 77.2 Å². The molecule has 1 fully saturated rings. The molecule has 0 saturated carbocycles. The largest absolute Gasteiger partial charge is 0.315 e.